The zero-order valence-corrected chi connectivity index (χ0v) is 10.2. The maximum absolute atomic E-state index is 9.21. The smallest absolute Gasteiger partial charge is 0.423 e. The van der Waals surface area contributed by atoms with Crippen molar-refractivity contribution in [1.29, 1.82) is 0 Å². The van der Waals surface area contributed by atoms with Crippen LogP contribution in [0, 0.1) is 0 Å². The van der Waals surface area contributed by atoms with Gasteiger partial charge in [0.05, 0.1) is 0 Å². The Bertz CT molecular complexity index is 483. The summed E-state index contributed by atoms with van der Waals surface area (Å²) in [5.41, 5.74) is 0.474. The van der Waals surface area contributed by atoms with Crippen molar-refractivity contribution in [2.24, 2.45) is 0 Å². The monoisotopic (exact) mass is 288 g/mol. The van der Waals surface area contributed by atoms with E-state index in [2.05, 4.69) is 28.6 Å². The molecule has 0 radical (unpaired) electrons. The number of hydrogen-bond donors (Lipinski definition) is 3. The van der Waals surface area contributed by atoms with Crippen molar-refractivity contribution in [2.45, 2.75) is 4.90 Å². The van der Waals surface area contributed by atoms with Gasteiger partial charge in [-0.2, -0.15) is 0 Å². The van der Waals surface area contributed by atoms with E-state index in [1.54, 1.807) is 6.07 Å². The van der Waals surface area contributed by atoms with E-state index in [-0.39, 0.29) is 0 Å². The van der Waals surface area contributed by atoms with E-state index in [1.165, 1.54) is 11.3 Å². The molecule has 0 amide bonds. The van der Waals surface area contributed by atoms with Gasteiger partial charge in [0, 0.05) is 30.3 Å². The zero-order chi connectivity index (χ0) is 10.3. The van der Waals surface area contributed by atoms with Crippen molar-refractivity contribution in [1.82, 2.24) is 0 Å². The summed E-state index contributed by atoms with van der Waals surface area (Å²) in [6.07, 6.45) is 0. The number of thiol groups is 1. The van der Waals surface area contributed by atoms with Crippen molar-refractivity contribution in [3.8, 4) is 0 Å². The molecule has 1 heterocycles. The molecule has 72 valence electrons. The van der Waals surface area contributed by atoms with E-state index in [0.29, 0.717) is 10.4 Å². The minimum absolute atomic E-state index is 0.474. The van der Waals surface area contributed by atoms with E-state index < -0.39 is 7.12 Å². The number of hydrogen-bond acceptors (Lipinski definition) is 4. The fraction of sp³-hybridized carbons (Fsp3) is 0. The molecule has 0 aliphatic heterocycles. The van der Waals surface area contributed by atoms with Gasteiger partial charge in [-0.3, -0.25) is 0 Å². The lowest BCUT2D eigenvalue weighted by Gasteiger charge is -2.04. The van der Waals surface area contributed by atoms with Crippen LogP contribution in [-0.4, -0.2) is 17.2 Å². The average molecular weight is 289 g/mol. The second-order valence-corrected chi connectivity index (χ2v) is 5.05. The van der Waals surface area contributed by atoms with Gasteiger partial charge in [-0.1, -0.05) is 6.07 Å². The van der Waals surface area contributed by atoms with Crippen LogP contribution in [0.2, 0.25) is 0 Å². The van der Waals surface area contributed by atoms with Crippen molar-refractivity contribution >= 4 is 62.6 Å². The third-order valence-corrected chi connectivity index (χ3v) is 4.35. The normalized spacial score (nSPS) is 10.9. The first-order chi connectivity index (χ1) is 6.61. The van der Waals surface area contributed by atoms with Crippen molar-refractivity contribution in [3.05, 3.63) is 22.0 Å². The van der Waals surface area contributed by atoms with E-state index in [1.807, 2.05) is 11.4 Å². The van der Waals surface area contributed by atoms with Crippen LogP contribution in [0.3, 0.4) is 0 Å². The molecule has 0 atom stereocenters. The second kappa shape index (κ2) is 3.86. The largest absolute Gasteiger partial charge is 0.491 e. The number of rotatable bonds is 1. The quantitative estimate of drug-likeness (QED) is 0.551. The molecule has 1 aromatic carbocycles. The molecule has 1 aromatic heterocycles. The molecule has 0 aliphatic carbocycles. The van der Waals surface area contributed by atoms with Gasteiger partial charge in [0.15, 0.2) is 0 Å². The Morgan fingerprint density at radius 2 is 2.07 bits per heavy atom. The molecule has 2 aromatic rings. The molecule has 0 aliphatic rings. The van der Waals surface area contributed by atoms with Crippen LogP contribution >= 0.6 is 39.9 Å². The van der Waals surface area contributed by atoms with Gasteiger partial charge < -0.3 is 10.0 Å². The van der Waals surface area contributed by atoms with E-state index in [4.69, 9.17) is 0 Å². The van der Waals surface area contributed by atoms with Gasteiger partial charge >= 0.3 is 7.12 Å². The van der Waals surface area contributed by atoms with Crippen LogP contribution in [-0.2, 0) is 0 Å². The summed E-state index contributed by atoms with van der Waals surface area (Å²) in [6.45, 7) is 0. The molecule has 6 heteroatoms. The number of benzene rings is 1. The Kier molecular flexibility index (Phi) is 2.90. The van der Waals surface area contributed by atoms with Crippen LogP contribution in [0.1, 0.15) is 0 Å². The molecule has 2 rings (SSSR count). The first-order valence-electron chi connectivity index (χ1n) is 3.86. The fourth-order valence-corrected chi connectivity index (χ4v) is 3.44. The van der Waals surface area contributed by atoms with Gasteiger partial charge in [0.2, 0.25) is 0 Å². The SMILES string of the molecule is OB(O)c1c(S)ccc2c(Br)csc12. The highest BCUT2D eigenvalue weighted by atomic mass is 79.9. The molecule has 14 heavy (non-hydrogen) atoms. The molecule has 0 saturated carbocycles. The van der Waals surface area contributed by atoms with Gasteiger partial charge in [0.25, 0.3) is 0 Å². The van der Waals surface area contributed by atoms with Crippen LogP contribution in [0.5, 0.6) is 0 Å². The summed E-state index contributed by atoms with van der Waals surface area (Å²) in [5.74, 6) is 0. The van der Waals surface area contributed by atoms with Gasteiger partial charge in [-0.15, -0.1) is 24.0 Å². The first kappa shape index (κ1) is 10.5. The predicted octanol–water partition coefficient (Wildman–Crippen LogP) is 1.63. The molecule has 0 unspecified atom stereocenters. The summed E-state index contributed by atoms with van der Waals surface area (Å²) in [6, 6.07) is 3.67. The predicted molar refractivity (Wildman–Crippen MR) is 66.6 cm³/mol. The highest BCUT2D eigenvalue weighted by Crippen LogP contribution is 2.30. The summed E-state index contributed by atoms with van der Waals surface area (Å²) < 4.78 is 1.83. The molecular weight excluding hydrogens is 283 g/mol. The van der Waals surface area contributed by atoms with Gasteiger partial charge in [-0.25, -0.2) is 0 Å². The zero-order valence-electron chi connectivity index (χ0n) is 6.94. The Morgan fingerprint density at radius 1 is 1.36 bits per heavy atom. The van der Waals surface area contributed by atoms with Crippen molar-refractivity contribution < 1.29 is 10.0 Å². The minimum atomic E-state index is -1.48. The summed E-state index contributed by atoms with van der Waals surface area (Å²) in [4.78, 5) is 0.599. The number of fused-ring (bicyclic) bond motifs is 1. The van der Waals surface area contributed by atoms with Crippen LogP contribution < -0.4 is 5.46 Å². The first-order valence-corrected chi connectivity index (χ1v) is 5.98. The van der Waals surface area contributed by atoms with Crippen LogP contribution in [0.15, 0.2) is 26.9 Å². The summed E-state index contributed by atoms with van der Waals surface area (Å²) in [5, 5.41) is 21.3. The van der Waals surface area contributed by atoms with E-state index in [9.17, 15) is 10.0 Å². The molecule has 0 saturated heterocycles. The maximum atomic E-state index is 9.21. The van der Waals surface area contributed by atoms with Crippen LogP contribution in [0.4, 0.5) is 0 Å². The molecule has 2 nitrogen and oxygen atoms in total. The molecular formula is C8H6BBrO2S2. The molecule has 0 spiro atoms. The van der Waals surface area contributed by atoms with Crippen molar-refractivity contribution in [2.75, 3.05) is 0 Å². The van der Waals surface area contributed by atoms with E-state index >= 15 is 0 Å². The lowest BCUT2D eigenvalue weighted by molar-refractivity contribution is 0.425. The van der Waals surface area contributed by atoms with Gasteiger partial charge in [-0.05, 0) is 22.0 Å². The fourth-order valence-electron chi connectivity index (χ4n) is 1.33. The second-order valence-electron chi connectivity index (χ2n) is 2.83. The highest BCUT2D eigenvalue weighted by Gasteiger charge is 2.19. The van der Waals surface area contributed by atoms with Crippen LogP contribution in [0.25, 0.3) is 10.1 Å². The van der Waals surface area contributed by atoms with E-state index in [0.717, 1.165) is 14.6 Å². The number of thiophene rings is 1. The lowest BCUT2D eigenvalue weighted by Crippen LogP contribution is -2.31. The Morgan fingerprint density at radius 3 is 2.71 bits per heavy atom. The third kappa shape index (κ3) is 1.61. The Balaban J connectivity index is 2.83. The van der Waals surface area contributed by atoms with Gasteiger partial charge in [0.1, 0.15) is 0 Å². The topological polar surface area (TPSA) is 40.5 Å². The third-order valence-electron chi connectivity index (χ3n) is 1.97. The highest BCUT2D eigenvalue weighted by molar-refractivity contribution is 9.10. The average Bonchev–Trinajstić information content (AvgIpc) is 2.47. The summed E-state index contributed by atoms with van der Waals surface area (Å²) >= 11 is 9.06. The van der Waals surface area contributed by atoms with Crippen molar-refractivity contribution in [3.63, 3.8) is 0 Å². The minimum Gasteiger partial charge on any atom is -0.423 e. The number of halogens is 1. The standard InChI is InChI=1S/C8H6BBrO2S2/c10-5-3-14-8-4(5)1-2-6(13)7(8)9(11)12/h1-3,11-13H. The summed E-state index contributed by atoms with van der Waals surface area (Å²) in [7, 11) is -1.48. The lowest BCUT2D eigenvalue weighted by atomic mass is 9.80. The molecule has 2 N–H and O–H groups in total. The molecule has 0 fully saturated rings. The molecule has 0 bridgehead atoms. The maximum Gasteiger partial charge on any atom is 0.491 e. The Labute approximate surface area is 99.3 Å². The Hall–Kier alpha value is -0.00506.